The van der Waals surface area contributed by atoms with E-state index in [9.17, 15) is 9.59 Å². The number of ether oxygens (including phenoxy) is 2. The molecule has 0 aliphatic carbocycles. The number of amides is 1. The summed E-state index contributed by atoms with van der Waals surface area (Å²) in [7, 11) is 1.59. The standard InChI is InChI=1S/C16H21NO5/c1-3-4-5-14(16(19)20)17-15(18)12-6-8-13(9-7-12)22-11-10-21-2/h3,6-9,14H,1,4-5,10-11H2,2H3,(H,17,18)(H,19,20). The van der Waals surface area contributed by atoms with E-state index in [0.29, 0.717) is 37.4 Å². The second kappa shape index (κ2) is 9.57. The van der Waals surface area contributed by atoms with Crippen molar-refractivity contribution in [2.24, 2.45) is 0 Å². The van der Waals surface area contributed by atoms with Gasteiger partial charge in [0.2, 0.25) is 0 Å². The Morgan fingerprint density at radius 3 is 2.55 bits per heavy atom. The molecule has 22 heavy (non-hydrogen) atoms. The molecule has 0 aromatic heterocycles. The van der Waals surface area contributed by atoms with E-state index in [1.807, 2.05) is 0 Å². The summed E-state index contributed by atoms with van der Waals surface area (Å²) in [5, 5.41) is 11.6. The lowest BCUT2D eigenvalue weighted by Crippen LogP contribution is -2.40. The number of carboxylic acid groups (broad SMARTS) is 1. The van der Waals surface area contributed by atoms with Crippen molar-refractivity contribution in [3.8, 4) is 5.75 Å². The third-order valence-electron chi connectivity index (χ3n) is 2.94. The quantitative estimate of drug-likeness (QED) is 0.509. The van der Waals surface area contributed by atoms with Crippen LogP contribution in [0, 0.1) is 0 Å². The van der Waals surface area contributed by atoms with E-state index in [1.165, 1.54) is 0 Å². The first kappa shape index (κ1) is 17.7. The predicted molar refractivity (Wildman–Crippen MR) is 82.1 cm³/mol. The van der Waals surface area contributed by atoms with Gasteiger partial charge in [0.05, 0.1) is 6.61 Å². The maximum Gasteiger partial charge on any atom is 0.326 e. The van der Waals surface area contributed by atoms with Crippen molar-refractivity contribution in [2.45, 2.75) is 18.9 Å². The molecular formula is C16H21NO5. The van der Waals surface area contributed by atoms with Crippen LogP contribution in [0.4, 0.5) is 0 Å². The first-order valence-electron chi connectivity index (χ1n) is 6.95. The van der Waals surface area contributed by atoms with Crippen LogP contribution in [-0.4, -0.2) is 43.3 Å². The Morgan fingerprint density at radius 2 is 2.00 bits per heavy atom. The van der Waals surface area contributed by atoms with Gasteiger partial charge in [-0.1, -0.05) is 6.08 Å². The Hall–Kier alpha value is -2.34. The molecule has 1 aromatic rings. The number of carbonyl (C=O) groups is 2. The topological polar surface area (TPSA) is 84.9 Å². The maximum absolute atomic E-state index is 12.0. The van der Waals surface area contributed by atoms with Crippen molar-refractivity contribution in [2.75, 3.05) is 20.3 Å². The third-order valence-corrected chi connectivity index (χ3v) is 2.94. The van der Waals surface area contributed by atoms with Crippen LogP contribution in [0.3, 0.4) is 0 Å². The first-order chi connectivity index (χ1) is 10.6. The van der Waals surface area contributed by atoms with E-state index >= 15 is 0 Å². The molecule has 6 nitrogen and oxygen atoms in total. The van der Waals surface area contributed by atoms with Gasteiger partial charge in [0.25, 0.3) is 5.91 Å². The SMILES string of the molecule is C=CCCC(NC(=O)c1ccc(OCCOC)cc1)C(=O)O. The Balaban J connectivity index is 2.60. The average molecular weight is 307 g/mol. The van der Waals surface area contributed by atoms with Crippen LogP contribution in [0.25, 0.3) is 0 Å². The highest BCUT2D eigenvalue weighted by Crippen LogP contribution is 2.12. The smallest absolute Gasteiger partial charge is 0.326 e. The predicted octanol–water partition coefficient (Wildman–Crippen LogP) is 1.86. The second-order valence-corrected chi connectivity index (χ2v) is 4.60. The minimum atomic E-state index is -1.06. The van der Waals surface area contributed by atoms with Gasteiger partial charge in [0.15, 0.2) is 0 Å². The number of allylic oxidation sites excluding steroid dienone is 1. The van der Waals surface area contributed by atoms with Crippen LogP contribution >= 0.6 is 0 Å². The number of carboxylic acids is 1. The molecule has 0 heterocycles. The number of hydrogen-bond acceptors (Lipinski definition) is 4. The minimum Gasteiger partial charge on any atom is -0.491 e. The van der Waals surface area contributed by atoms with E-state index < -0.39 is 17.9 Å². The van der Waals surface area contributed by atoms with Crippen LogP contribution in [0.2, 0.25) is 0 Å². The molecule has 0 aliphatic rings. The molecule has 1 rings (SSSR count). The highest BCUT2D eigenvalue weighted by molar-refractivity contribution is 5.96. The third kappa shape index (κ3) is 5.97. The molecule has 1 amide bonds. The van der Waals surface area contributed by atoms with Crippen LogP contribution in [0.1, 0.15) is 23.2 Å². The molecule has 1 aromatic carbocycles. The molecule has 120 valence electrons. The molecule has 0 saturated carbocycles. The second-order valence-electron chi connectivity index (χ2n) is 4.60. The first-order valence-corrected chi connectivity index (χ1v) is 6.95. The summed E-state index contributed by atoms with van der Waals surface area (Å²) in [6.45, 7) is 4.44. The number of carbonyl (C=O) groups excluding carboxylic acids is 1. The van der Waals surface area contributed by atoms with Gasteiger partial charge in [-0.25, -0.2) is 4.79 Å². The van der Waals surface area contributed by atoms with Crippen molar-refractivity contribution in [1.82, 2.24) is 5.32 Å². The van der Waals surface area contributed by atoms with Crippen molar-refractivity contribution >= 4 is 11.9 Å². The minimum absolute atomic E-state index is 0.308. The zero-order chi connectivity index (χ0) is 16.4. The lowest BCUT2D eigenvalue weighted by atomic mass is 10.1. The van der Waals surface area contributed by atoms with Gasteiger partial charge in [-0.15, -0.1) is 6.58 Å². The molecule has 1 unspecified atom stereocenters. The van der Waals surface area contributed by atoms with Gasteiger partial charge in [0, 0.05) is 12.7 Å². The summed E-state index contributed by atoms with van der Waals surface area (Å²) in [5.41, 5.74) is 0.379. The Bertz CT molecular complexity index is 498. The van der Waals surface area contributed by atoms with E-state index in [1.54, 1.807) is 37.5 Å². The highest BCUT2D eigenvalue weighted by atomic mass is 16.5. The number of rotatable bonds is 10. The Labute approximate surface area is 129 Å². The fourth-order valence-electron chi connectivity index (χ4n) is 1.73. The number of benzene rings is 1. The zero-order valence-corrected chi connectivity index (χ0v) is 12.6. The Kier molecular flexibility index (Phi) is 7.70. The van der Waals surface area contributed by atoms with Crippen LogP contribution in [0.15, 0.2) is 36.9 Å². The molecule has 6 heteroatoms. The number of hydrogen-bond donors (Lipinski definition) is 2. The van der Waals surface area contributed by atoms with E-state index in [2.05, 4.69) is 11.9 Å². The Morgan fingerprint density at radius 1 is 1.32 bits per heavy atom. The summed E-state index contributed by atoms with van der Waals surface area (Å²) >= 11 is 0. The molecule has 0 spiro atoms. The molecule has 0 aliphatic heterocycles. The molecular weight excluding hydrogens is 286 g/mol. The number of methoxy groups -OCH3 is 1. The van der Waals surface area contributed by atoms with Gasteiger partial charge in [-0.05, 0) is 37.1 Å². The summed E-state index contributed by atoms with van der Waals surface area (Å²) in [6.07, 6.45) is 2.44. The summed E-state index contributed by atoms with van der Waals surface area (Å²) in [4.78, 5) is 23.1. The molecule has 0 radical (unpaired) electrons. The summed E-state index contributed by atoms with van der Waals surface area (Å²) < 4.78 is 10.3. The lowest BCUT2D eigenvalue weighted by Gasteiger charge is -2.14. The number of nitrogens with one attached hydrogen (secondary N) is 1. The normalized spacial score (nSPS) is 11.5. The van der Waals surface area contributed by atoms with Gasteiger partial charge < -0.3 is 19.9 Å². The van der Waals surface area contributed by atoms with E-state index in [0.717, 1.165) is 0 Å². The molecule has 1 atom stereocenters. The van der Waals surface area contributed by atoms with Gasteiger partial charge in [-0.2, -0.15) is 0 Å². The van der Waals surface area contributed by atoms with Crippen LogP contribution < -0.4 is 10.1 Å². The fourth-order valence-corrected chi connectivity index (χ4v) is 1.73. The van der Waals surface area contributed by atoms with Crippen molar-refractivity contribution in [3.05, 3.63) is 42.5 Å². The summed E-state index contributed by atoms with van der Waals surface area (Å²) in [5.74, 6) is -0.871. The average Bonchev–Trinajstić information content (AvgIpc) is 2.51. The van der Waals surface area contributed by atoms with Crippen molar-refractivity contribution in [3.63, 3.8) is 0 Å². The molecule has 2 N–H and O–H groups in total. The molecule has 0 fully saturated rings. The molecule has 0 bridgehead atoms. The van der Waals surface area contributed by atoms with Gasteiger partial charge >= 0.3 is 5.97 Å². The lowest BCUT2D eigenvalue weighted by molar-refractivity contribution is -0.139. The van der Waals surface area contributed by atoms with Crippen molar-refractivity contribution < 1.29 is 24.2 Å². The maximum atomic E-state index is 12.0. The van der Waals surface area contributed by atoms with E-state index in [4.69, 9.17) is 14.6 Å². The van der Waals surface area contributed by atoms with Crippen molar-refractivity contribution in [1.29, 1.82) is 0 Å². The highest BCUT2D eigenvalue weighted by Gasteiger charge is 2.19. The molecule has 0 saturated heterocycles. The van der Waals surface area contributed by atoms with Gasteiger partial charge in [0.1, 0.15) is 18.4 Å². The van der Waals surface area contributed by atoms with Crippen LogP contribution in [0.5, 0.6) is 5.75 Å². The fraction of sp³-hybridized carbons (Fsp3) is 0.375. The van der Waals surface area contributed by atoms with Gasteiger partial charge in [-0.3, -0.25) is 4.79 Å². The zero-order valence-electron chi connectivity index (χ0n) is 12.6. The number of aliphatic carboxylic acids is 1. The van der Waals surface area contributed by atoms with Crippen LogP contribution in [-0.2, 0) is 9.53 Å². The largest absolute Gasteiger partial charge is 0.491 e. The van der Waals surface area contributed by atoms with E-state index in [-0.39, 0.29) is 0 Å². The summed E-state index contributed by atoms with van der Waals surface area (Å²) in [6, 6.07) is 5.56. The monoisotopic (exact) mass is 307 g/mol.